The smallest absolute Gasteiger partial charge is 0.257 e. The maximum Gasteiger partial charge on any atom is 0.257 e. The van der Waals surface area contributed by atoms with E-state index in [1.165, 1.54) is 16.9 Å². The highest BCUT2D eigenvalue weighted by Crippen LogP contribution is 2.37. The zero-order valence-electron chi connectivity index (χ0n) is 14.5. The molecule has 0 N–H and O–H groups in total. The van der Waals surface area contributed by atoms with Crippen LogP contribution < -0.4 is 0 Å². The van der Waals surface area contributed by atoms with Crippen molar-refractivity contribution in [3.8, 4) is 5.00 Å². The minimum Gasteiger partial charge on any atom is -0.361 e. The summed E-state index contributed by atoms with van der Waals surface area (Å²) in [6.45, 7) is 2.31. The van der Waals surface area contributed by atoms with Crippen LogP contribution in [0.2, 0.25) is 0 Å². The predicted octanol–water partition coefficient (Wildman–Crippen LogP) is 3.99. The molecule has 0 saturated heterocycles. The van der Waals surface area contributed by atoms with Crippen LogP contribution in [0, 0.1) is 6.92 Å². The molecule has 3 aromatic heterocycles. The van der Waals surface area contributed by atoms with Crippen LogP contribution in [0.3, 0.4) is 0 Å². The first kappa shape index (κ1) is 16.1. The lowest BCUT2D eigenvalue weighted by Gasteiger charge is -2.19. The lowest BCUT2D eigenvalue weighted by molar-refractivity contribution is 0.0781. The summed E-state index contributed by atoms with van der Waals surface area (Å²) < 4.78 is 7.18. The Balaban J connectivity index is 1.70. The van der Waals surface area contributed by atoms with Gasteiger partial charge in [0.2, 0.25) is 0 Å². The summed E-state index contributed by atoms with van der Waals surface area (Å²) in [5.74, 6) is 0.820. The van der Waals surface area contributed by atoms with Crippen LogP contribution in [-0.4, -0.2) is 27.6 Å². The predicted molar refractivity (Wildman–Crippen MR) is 97.3 cm³/mol. The van der Waals surface area contributed by atoms with E-state index in [2.05, 4.69) is 9.72 Å². The normalized spacial score (nSPS) is 13.7. The zero-order chi connectivity index (χ0) is 17.4. The molecule has 25 heavy (non-hydrogen) atoms. The van der Waals surface area contributed by atoms with E-state index in [1.54, 1.807) is 16.2 Å². The Labute approximate surface area is 150 Å². The highest BCUT2D eigenvalue weighted by molar-refractivity contribution is 7.15. The summed E-state index contributed by atoms with van der Waals surface area (Å²) in [6.07, 6.45) is 8.45. The van der Waals surface area contributed by atoms with Crippen LogP contribution in [0.5, 0.6) is 0 Å². The Morgan fingerprint density at radius 1 is 1.32 bits per heavy atom. The highest BCUT2D eigenvalue weighted by Gasteiger charge is 2.28. The van der Waals surface area contributed by atoms with Gasteiger partial charge in [0, 0.05) is 30.4 Å². The number of carbonyl (C=O) groups is 1. The van der Waals surface area contributed by atoms with Crippen LogP contribution >= 0.6 is 11.3 Å². The van der Waals surface area contributed by atoms with Gasteiger partial charge in [0.15, 0.2) is 0 Å². The van der Waals surface area contributed by atoms with Crippen molar-refractivity contribution in [2.75, 3.05) is 7.05 Å². The van der Waals surface area contributed by atoms with Crippen molar-refractivity contribution in [3.05, 3.63) is 58.1 Å². The SMILES string of the molecule is Cc1cc(CN(C)C(=O)c2c(-n3cccc3)sc3c2CCCC3)no1. The van der Waals surface area contributed by atoms with Gasteiger partial charge in [-0.05, 0) is 50.3 Å². The number of amides is 1. The number of aryl methyl sites for hydroxylation is 2. The van der Waals surface area contributed by atoms with Crippen molar-refractivity contribution in [2.45, 2.75) is 39.2 Å². The molecule has 1 amide bonds. The van der Waals surface area contributed by atoms with E-state index in [0.29, 0.717) is 6.54 Å². The molecule has 0 atom stereocenters. The number of fused-ring (bicyclic) bond motifs is 1. The lowest BCUT2D eigenvalue weighted by Crippen LogP contribution is -2.28. The number of hydrogen-bond donors (Lipinski definition) is 0. The van der Waals surface area contributed by atoms with Crippen LogP contribution in [0.1, 0.15) is 45.1 Å². The lowest BCUT2D eigenvalue weighted by atomic mass is 9.95. The van der Waals surface area contributed by atoms with E-state index in [1.807, 2.05) is 44.6 Å². The molecule has 6 heteroatoms. The number of rotatable bonds is 4. The van der Waals surface area contributed by atoms with Gasteiger partial charge < -0.3 is 14.0 Å². The van der Waals surface area contributed by atoms with Gasteiger partial charge in [-0.1, -0.05) is 5.16 Å². The zero-order valence-corrected chi connectivity index (χ0v) is 15.3. The molecule has 0 spiro atoms. The summed E-state index contributed by atoms with van der Waals surface area (Å²) in [4.78, 5) is 16.4. The molecule has 0 fully saturated rings. The number of aromatic nitrogens is 2. The Kier molecular flexibility index (Phi) is 4.21. The summed E-state index contributed by atoms with van der Waals surface area (Å²) in [5, 5.41) is 5.04. The highest BCUT2D eigenvalue weighted by atomic mass is 32.1. The molecular formula is C19H21N3O2S. The molecule has 0 aliphatic heterocycles. The summed E-state index contributed by atoms with van der Waals surface area (Å²) >= 11 is 1.76. The number of carbonyl (C=O) groups excluding carboxylic acids is 1. The van der Waals surface area contributed by atoms with Crippen molar-refractivity contribution < 1.29 is 9.32 Å². The first-order valence-corrected chi connectivity index (χ1v) is 9.40. The maximum atomic E-state index is 13.3. The number of thiophene rings is 1. The van der Waals surface area contributed by atoms with E-state index in [-0.39, 0.29) is 5.91 Å². The molecule has 1 aliphatic rings. The Bertz CT molecular complexity index is 892. The molecule has 3 aromatic rings. The Morgan fingerprint density at radius 3 is 2.80 bits per heavy atom. The summed E-state index contributed by atoms with van der Waals surface area (Å²) in [6, 6.07) is 5.86. The van der Waals surface area contributed by atoms with Gasteiger partial charge >= 0.3 is 0 Å². The number of nitrogens with zero attached hydrogens (tertiary/aromatic N) is 3. The fraction of sp³-hybridized carbons (Fsp3) is 0.368. The molecule has 0 aromatic carbocycles. The second-order valence-electron chi connectivity index (χ2n) is 6.57. The van der Waals surface area contributed by atoms with E-state index < -0.39 is 0 Å². The first-order chi connectivity index (χ1) is 12.1. The minimum atomic E-state index is 0.0590. The molecule has 5 nitrogen and oxygen atoms in total. The molecule has 3 heterocycles. The van der Waals surface area contributed by atoms with E-state index in [9.17, 15) is 4.79 Å². The first-order valence-electron chi connectivity index (χ1n) is 8.59. The third-order valence-corrected chi connectivity index (χ3v) is 5.93. The van der Waals surface area contributed by atoms with Crippen LogP contribution in [0.15, 0.2) is 35.1 Å². The van der Waals surface area contributed by atoms with Gasteiger partial charge in [-0.15, -0.1) is 11.3 Å². The van der Waals surface area contributed by atoms with Gasteiger partial charge in [-0.25, -0.2) is 0 Å². The van der Waals surface area contributed by atoms with E-state index in [4.69, 9.17) is 4.52 Å². The van der Waals surface area contributed by atoms with Gasteiger partial charge in [0.1, 0.15) is 16.5 Å². The van der Waals surface area contributed by atoms with Gasteiger partial charge in [0.05, 0.1) is 12.1 Å². The molecule has 0 saturated carbocycles. The maximum absolute atomic E-state index is 13.3. The van der Waals surface area contributed by atoms with Gasteiger partial charge in [-0.3, -0.25) is 4.79 Å². The largest absolute Gasteiger partial charge is 0.361 e. The average Bonchev–Trinajstić information content (AvgIpc) is 3.33. The minimum absolute atomic E-state index is 0.0590. The second-order valence-corrected chi connectivity index (χ2v) is 7.66. The van der Waals surface area contributed by atoms with Crippen molar-refractivity contribution in [3.63, 3.8) is 0 Å². The second kappa shape index (κ2) is 6.52. The van der Waals surface area contributed by atoms with Gasteiger partial charge in [0.25, 0.3) is 5.91 Å². The molecular weight excluding hydrogens is 334 g/mol. The number of hydrogen-bond acceptors (Lipinski definition) is 4. The molecule has 0 radical (unpaired) electrons. The molecule has 0 unspecified atom stereocenters. The van der Waals surface area contributed by atoms with Crippen LogP contribution in [0.25, 0.3) is 5.00 Å². The van der Waals surface area contributed by atoms with Crippen molar-refractivity contribution in [2.24, 2.45) is 0 Å². The van der Waals surface area contributed by atoms with Crippen molar-refractivity contribution >= 4 is 17.2 Å². The molecule has 4 rings (SSSR count). The monoisotopic (exact) mass is 355 g/mol. The van der Waals surface area contributed by atoms with E-state index in [0.717, 1.165) is 41.3 Å². The van der Waals surface area contributed by atoms with Crippen molar-refractivity contribution in [1.29, 1.82) is 0 Å². The molecule has 1 aliphatic carbocycles. The quantitative estimate of drug-likeness (QED) is 0.711. The molecule has 0 bridgehead atoms. The van der Waals surface area contributed by atoms with E-state index >= 15 is 0 Å². The average molecular weight is 355 g/mol. The Hall–Kier alpha value is -2.34. The topological polar surface area (TPSA) is 51.3 Å². The standard InChI is InChI=1S/C19H21N3O2S/c1-13-11-14(20-24-13)12-21(2)18(23)17-15-7-3-4-8-16(15)25-19(17)22-9-5-6-10-22/h5-6,9-11H,3-4,7-8,12H2,1-2H3. The van der Waals surface area contributed by atoms with Gasteiger partial charge in [-0.2, -0.15) is 0 Å². The fourth-order valence-corrected chi connectivity index (χ4v) is 4.77. The van der Waals surface area contributed by atoms with Crippen LogP contribution in [-0.2, 0) is 19.4 Å². The Morgan fingerprint density at radius 2 is 2.08 bits per heavy atom. The summed E-state index contributed by atoms with van der Waals surface area (Å²) in [7, 11) is 1.83. The third-order valence-electron chi connectivity index (χ3n) is 4.63. The molecule has 130 valence electrons. The third kappa shape index (κ3) is 3.02. The summed E-state index contributed by atoms with van der Waals surface area (Å²) in [5.41, 5.74) is 2.88. The fourth-order valence-electron chi connectivity index (χ4n) is 3.42. The van der Waals surface area contributed by atoms with Crippen LogP contribution in [0.4, 0.5) is 0 Å². The van der Waals surface area contributed by atoms with Crippen molar-refractivity contribution in [1.82, 2.24) is 14.6 Å².